The van der Waals surface area contributed by atoms with Crippen molar-refractivity contribution in [3.05, 3.63) is 18.3 Å². The zero-order valence-corrected chi connectivity index (χ0v) is 9.40. The number of primary amides is 1. The summed E-state index contributed by atoms with van der Waals surface area (Å²) in [5, 5.41) is 1.24. The van der Waals surface area contributed by atoms with E-state index in [2.05, 4.69) is 10.7 Å². The Morgan fingerprint density at radius 2 is 2.06 bits per heavy atom. The molecule has 0 aliphatic heterocycles. The molecule has 0 aromatic carbocycles. The van der Waals surface area contributed by atoms with Gasteiger partial charge in [-0.2, -0.15) is 0 Å². The van der Waals surface area contributed by atoms with Gasteiger partial charge in [-0.1, -0.05) is 0 Å². The molecular formula is C8H10N4O4S. The highest BCUT2D eigenvalue weighted by Gasteiger charge is 2.23. The van der Waals surface area contributed by atoms with Crippen LogP contribution in [0.4, 0.5) is 10.5 Å². The van der Waals surface area contributed by atoms with Crippen LogP contribution in [0, 0.1) is 0 Å². The van der Waals surface area contributed by atoms with E-state index in [9.17, 15) is 18.0 Å². The van der Waals surface area contributed by atoms with Gasteiger partial charge in [0.05, 0.1) is 5.69 Å². The van der Waals surface area contributed by atoms with Crippen LogP contribution in [0.15, 0.2) is 23.4 Å². The highest BCUT2D eigenvalue weighted by Crippen LogP contribution is 2.15. The zero-order chi connectivity index (χ0) is 13.1. The molecule has 1 aromatic heterocycles. The van der Waals surface area contributed by atoms with Crippen LogP contribution in [0.25, 0.3) is 0 Å². The third-order valence-electron chi connectivity index (χ3n) is 1.68. The van der Waals surface area contributed by atoms with Gasteiger partial charge in [0.2, 0.25) is 15.7 Å². The Kier molecular flexibility index (Phi) is 3.63. The molecule has 0 bridgehead atoms. The van der Waals surface area contributed by atoms with E-state index in [1.54, 1.807) is 5.32 Å². The molecule has 92 valence electrons. The lowest BCUT2D eigenvalue weighted by Gasteiger charge is -2.05. The van der Waals surface area contributed by atoms with Gasteiger partial charge < -0.3 is 11.5 Å². The number of imide groups is 1. The Bertz CT molecular complexity index is 554. The number of carbonyl (C=O) groups is 2. The minimum absolute atomic E-state index is 0.0700. The fourth-order valence-corrected chi connectivity index (χ4v) is 2.28. The Morgan fingerprint density at radius 3 is 2.59 bits per heavy atom. The van der Waals surface area contributed by atoms with Crippen LogP contribution in [0.5, 0.6) is 0 Å². The number of pyridine rings is 1. The third-order valence-corrected chi connectivity index (χ3v) is 3.25. The second-order valence-electron chi connectivity index (χ2n) is 3.07. The number of nitrogens with one attached hydrogen (secondary N) is 1. The summed E-state index contributed by atoms with van der Waals surface area (Å²) >= 11 is 0. The maximum Gasteiger partial charge on any atom is 0.318 e. The number of anilines is 1. The topological polar surface area (TPSA) is 145 Å². The number of nitrogen functional groups attached to an aromatic ring is 1. The fraction of sp³-hybridized carbons (Fsp3) is 0.125. The lowest BCUT2D eigenvalue weighted by Crippen LogP contribution is -2.38. The smallest absolute Gasteiger partial charge is 0.318 e. The van der Waals surface area contributed by atoms with Crippen molar-refractivity contribution in [1.82, 2.24) is 10.3 Å². The van der Waals surface area contributed by atoms with Gasteiger partial charge in [0.15, 0.2) is 5.03 Å². The molecule has 0 aliphatic rings. The van der Waals surface area contributed by atoms with E-state index < -0.39 is 32.6 Å². The molecule has 1 rings (SSSR count). The van der Waals surface area contributed by atoms with Crippen molar-refractivity contribution < 1.29 is 18.0 Å². The van der Waals surface area contributed by atoms with Gasteiger partial charge in [0.1, 0.15) is 5.75 Å². The number of nitrogens with zero attached hydrogens (tertiary/aromatic N) is 1. The van der Waals surface area contributed by atoms with Gasteiger partial charge in [0.25, 0.3) is 0 Å². The minimum Gasteiger partial charge on any atom is -0.396 e. The number of aromatic nitrogens is 1. The van der Waals surface area contributed by atoms with Crippen LogP contribution in [-0.2, 0) is 14.6 Å². The van der Waals surface area contributed by atoms with Crippen LogP contribution < -0.4 is 16.8 Å². The van der Waals surface area contributed by atoms with Crippen molar-refractivity contribution >= 4 is 27.5 Å². The predicted octanol–water partition coefficient (Wildman–Crippen LogP) is -1.37. The molecule has 0 spiro atoms. The molecule has 1 heterocycles. The lowest BCUT2D eigenvalue weighted by molar-refractivity contribution is -0.117. The summed E-state index contributed by atoms with van der Waals surface area (Å²) in [6.45, 7) is 0. The summed E-state index contributed by atoms with van der Waals surface area (Å²) in [4.78, 5) is 25.0. The van der Waals surface area contributed by atoms with Crippen LogP contribution in [0.3, 0.4) is 0 Å². The number of amides is 3. The van der Waals surface area contributed by atoms with Crippen LogP contribution in [-0.4, -0.2) is 31.1 Å². The summed E-state index contributed by atoms with van der Waals surface area (Å²) < 4.78 is 23.4. The molecule has 0 radical (unpaired) electrons. The van der Waals surface area contributed by atoms with E-state index in [1.807, 2.05) is 0 Å². The Labute approximate surface area is 96.9 Å². The second kappa shape index (κ2) is 4.78. The van der Waals surface area contributed by atoms with Crippen LogP contribution in [0.1, 0.15) is 0 Å². The standard InChI is InChI=1S/C8H10N4O4S/c9-5-2-1-3-11-7(5)17(15,16)4-6(13)12-8(10)14/h1-3H,4,9H2,(H3,10,12,13,14). The van der Waals surface area contributed by atoms with Crippen molar-refractivity contribution in [1.29, 1.82) is 0 Å². The molecule has 0 fully saturated rings. The van der Waals surface area contributed by atoms with Gasteiger partial charge >= 0.3 is 6.03 Å². The third kappa shape index (κ3) is 3.41. The summed E-state index contributed by atoms with van der Waals surface area (Å²) in [6, 6.07) is 1.67. The maximum absolute atomic E-state index is 11.7. The van der Waals surface area contributed by atoms with Gasteiger partial charge in [-0.25, -0.2) is 18.2 Å². The van der Waals surface area contributed by atoms with Crippen molar-refractivity contribution in [2.75, 3.05) is 11.5 Å². The summed E-state index contributed by atoms with van der Waals surface area (Å²) in [5.41, 5.74) is 10.0. The zero-order valence-electron chi connectivity index (χ0n) is 8.58. The lowest BCUT2D eigenvalue weighted by atomic mass is 10.4. The van der Waals surface area contributed by atoms with Crippen molar-refractivity contribution in [3.8, 4) is 0 Å². The molecule has 0 saturated carbocycles. The molecule has 5 N–H and O–H groups in total. The van der Waals surface area contributed by atoms with Gasteiger partial charge in [-0.3, -0.25) is 10.1 Å². The predicted molar refractivity (Wildman–Crippen MR) is 58.4 cm³/mol. The molecule has 3 amide bonds. The van der Waals surface area contributed by atoms with E-state index in [1.165, 1.54) is 18.3 Å². The van der Waals surface area contributed by atoms with Gasteiger partial charge in [0, 0.05) is 6.20 Å². The molecule has 8 nitrogen and oxygen atoms in total. The number of nitrogens with two attached hydrogens (primary N) is 2. The molecule has 17 heavy (non-hydrogen) atoms. The molecular weight excluding hydrogens is 248 g/mol. The number of hydrogen-bond acceptors (Lipinski definition) is 6. The molecule has 0 unspecified atom stereocenters. The number of hydrogen-bond donors (Lipinski definition) is 3. The first-order valence-electron chi connectivity index (χ1n) is 4.35. The summed E-state index contributed by atoms with van der Waals surface area (Å²) in [5.74, 6) is -1.99. The SMILES string of the molecule is NC(=O)NC(=O)CS(=O)(=O)c1ncccc1N. The van der Waals surface area contributed by atoms with Crippen molar-refractivity contribution in [2.45, 2.75) is 5.03 Å². The minimum atomic E-state index is -3.99. The molecule has 0 atom stereocenters. The highest BCUT2D eigenvalue weighted by molar-refractivity contribution is 7.92. The quantitative estimate of drug-likeness (QED) is 0.610. The maximum atomic E-state index is 11.7. The van der Waals surface area contributed by atoms with Crippen molar-refractivity contribution in [2.24, 2.45) is 5.73 Å². The summed E-state index contributed by atoms with van der Waals surface area (Å²) in [7, 11) is -3.99. The van der Waals surface area contributed by atoms with Gasteiger partial charge in [-0.15, -0.1) is 0 Å². The summed E-state index contributed by atoms with van der Waals surface area (Å²) in [6.07, 6.45) is 1.23. The molecule has 1 aromatic rings. The van der Waals surface area contributed by atoms with Crippen molar-refractivity contribution in [3.63, 3.8) is 0 Å². The monoisotopic (exact) mass is 258 g/mol. The Morgan fingerprint density at radius 1 is 1.41 bits per heavy atom. The number of carbonyl (C=O) groups excluding carboxylic acids is 2. The average molecular weight is 258 g/mol. The second-order valence-corrected chi connectivity index (χ2v) is 4.97. The number of sulfone groups is 1. The molecule has 0 saturated heterocycles. The number of urea groups is 1. The largest absolute Gasteiger partial charge is 0.396 e. The van der Waals surface area contributed by atoms with E-state index >= 15 is 0 Å². The molecule has 0 aliphatic carbocycles. The average Bonchev–Trinajstić information content (AvgIpc) is 2.15. The van der Waals surface area contributed by atoms with E-state index in [-0.39, 0.29) is 5.69 Å². The first kappa shape index (κ1) is 12.9. The number of rotatable bonds is 3. The first-order chi connectivity index (χ1) is 7.83. The van der Waals surface area contributed by atoms with E-state index in [0.29, 0.717) is 0 Å². The normalized spacial score (nSPS) is 10.8. The van der Waals surface area contributed by atoms with Crippen LogP contribution >= 0.6 is 0 Å². The highest BCUT2D eigenvalue weighted by atomic mass is 32.2. The Hall–Kier alpha value is -2.16. The van der Waals surface area contributed by atoms with E-state index in [0.717, 1.165) is 0 Å². The first-order valence-corrected chi connectivity index (χ1v) is 6.00. The van der Waals surface area contributed by atoms with Crippen LogP contribution in [0.2, 0.25) is 0 Å². The fourth-order valence-electron chi connectivity index (χ4n) is 1.08. The molecule has 9 heteroatoms. The van der Waals surface area contributed by atoms with E-state index in [4.69, 9.17) is 5.73 Å². The van der Waals surface area contributed by atoms with Gasteiger partial charge in [-0.05, 0) is 12.1 Å². The Balaban J connectivity index is 2.94.